The largest absolute Gasteiger partial charge is 0.497 e. The maximum absolute atomic E-state index is 11.0. The van der Waals surface area contributed by atoms with Crippen LogP contribution < -0.4 is 16.2 Å². The van der Waals surface area contributed by atoms with E-state index in [0.717, 1.165) is 11.3 Å². The topological polar surface area (TPSA) is 78.3 Å². The molecule has 4 heteroatoms. The monoisotopic (exact) mass is 208 g/mol. The van der Waals surface area contributed by atoms with Gasteiger partial charge in [-0.25, -0.2) is 0 Å². The number of hydrogen-bond acceptors (Lipinski definition) is 3. The van der Waals surface area contributed by atoms with Gasteiger partial charge in [0.05, 0.1) is 13.0 Å². The molecule has 0 aromatic heterocycles. The standard InChI is InChI=1S/C11H16N2O2/c1-15-10-4-2-3-8(6-10)5-9(7-12)11(13)14/h2-4,6,9H,5,7,12H2,1H3,(H2,13,14). The minimum atomic E-state index is -0.361. The van der Waals surface area contributed by atoms with Gasteiger partial charge in [0.2, 0.25) is 5.91 Å². The van der Waals surface area contributed by atoms with E-state index in [4.69, 9.17) is 16.2 Å². The molecule has 1 atom stereocenters. The predicted octanol–water partition coefficient (Wildman–Crippen LogP) is 0.298. The van der Waals surface area contributed by atoms with E-state index in [2.05, 4.69) is 0 Å². The third-order valence-electron chi connectivity index (χ3n) is 2.30. The van der Waals surface area contributed by atoms with E-state index in [-0.39, 0.29) is 18.4 Å². The zero-order chi connectivity index (χ0) is 11.3. The molecule has 0 saturated carbocycles. The summed E-state index contributed by atoms with van der Waals surface area (Å²) in [5.74, 6) is 0.102. The van der Waals surface area contributed by atoms with Crippen LogP contribution in [0.5, 0.6) is 5.75 Å². The molecule has 1 amide bonds. The van der Waals surface area contributed by atoms with Gasteiger partial charge in [-0.05, 0) is 24.1 Å². The van der Waals surface area contributed by atoms with Crippen LogP contribution >= 0.6 is 0 Å². The van der Waals surface area contributed by atoms with Crippen LogP contribution in [0.15, 0.2) is 24.3 Å². The summed E-state index contributed by atoms with van der Waals surface area (Å²) in [7, 11) is 1.60. The summed E-state index contributed by atoms with van der Waals surface area (Å²) >= 11 is 0. The van der Waals surface area contributed by atoms with Crippen molar-refractivity contribution in [3.63, 3.8) is 0 Å². The smallest absolute Gasteiger partial charge is 0.222 e. The minimum Gasteiger partial charge on any atom is -0.497 e. The molecule has 4 nitrogen and oxygen atoms in total. The Labute approximate surface area is 89.2 Å². The van der Waals surface area contributed by atoms with E-state index in [1.807, 2.05) is 24.3 Å². The normalized spacial score (nSPS) is 12.1. The average Bonchev–Trinajstić information content (AvgIpc) is 2.25. The van der Waals surface area contributed by atoms with Crippen molar-refractivity contribution < 1.29 is 9.53 Å². The molecule has 0 aliphatic heterocycles. The fourth-order valence-electron chi connectivity index (χ4n) is 1.38. The van der Waals surface area contributed by atoms with Crippen LogP contribution in [0, 0.1) is 5.92 Å². The van der Waals surface area contributed by atoms with Gasteiger partial charge in [0.15, 0.2) is 0 Å². The third-order valence-corrected chi connectivity index (χ3v) is 2.30. The molecule has 0 heterocycles. The molecule has 1 aromatic carbocycles. The molecule has 0 aliphatic rings. The van der Waals surface area contributed by atoms with E-state index in [9.17, 15) is 4.79 Å². The lowest BCUT2D eigenvalue weighted by Gasteiger charge is -2.11. The van der Waals surface area contributed by atoms with Gasteiger partial charge in [-0.1, -0.05) is 12.1 Å². The first kappa shape index (κ1) is 11.5. The van der Waals surface area contributed by atoms with Crippen LogP contribution in [0.3, 0.4) is 0 Å². The zero-order valence-corrected chi connectivity index (χ0v) is 8.77. The number of nitrogens with two attached hydrogens (primary N) is 2. The molecule has 0 saturated heterocycles. The number of hydrogen-bond donors (Lipinski definition) is 2. The summed E-state index contributed by atoms with van der Waals surface area (Å²) in [5, 5.41) is 0. The second-order valence-corrected chi connectivity index (χ2v) is 3.39. The second-order valence-electron chi connectivity index (χ2n) is 3.39. The second kappa shape index (κ2) is 5.36. The van der Waals surface area contributed by atoms with Crippen LogP contribution in [0.25, 0.3) is 0 Å². The van der Waals surface area contributed by atoms with Crippen LogP contribution in [0.4, 0.5) is 0 Å². The summed E-state index contributed by atoms with van der Waals surface area (Å²) in [6.07, 6.45) is 0.559. The van der Waals surface area contributed by atoms with Crippen molar-refractivity contribution in [3.8, 4) is 5.75 Å². The minimum absolute atomic E-state index is 0.270. The molecule has 1 rings (SSSR count). The fraction of sp³-hybridized carbons (Fsp3) is 0.364. The predicted molar refractivity (Wildman–Crippen MR) is 58.4 cm³/mol. The van der Waals surface area contributed by atoms with E-state index < -0.39 is 0 Å². The lowest BCUT2D eigenvalue weighted by Crippen LogP contribution is -2.31. The van der Waals surface area contributed by atoms with Crippen LogP contribution in [0.2, 0.25) is 0 Å². The quantitative estimate of drug-likeness (QED) is 0.730. The van der Waals surface area contributed by atoms with Crippen molar-refractivity contribution in [2.75, 3.05) is 13.7 Å². The number of methoxy groups -OCH3 is 1. The van der Waals surface area contributed by atoms with Crippen LogP contribution in [0.1, 0.15) is 5.56 Å². The van der Waals surface area contributed by atoms with Crippen molar-refractivity contribution in [3.05, 3.63) is 29.8 Å². The Hall–Kier alpha value is -1.55. The number of carbonyl (C=O) groups excluding carboxylic acids is 1. The van der Waals surface area contributed by atoms with E-state index in [0.29, 0.717) is 6.42 Å². The van der Waals surface area contributed by atoms with Crippen molar-refractivity contribution in [2.24, 2.45) is 17.4 Å². The third kappa shape index (κ3) is 3.25. The molecule has 0 bridgehead atoms. The summed E-state index contributed by atoms with van der Waals surface area (Å²) < 4.78 is 5.08. The highest BCUT2D eigenvalue weighted by Gasteiger charge is 2.13. The molecule has 1 aromatic rings. The summed E-state index contributed by atoms with van der Waals surface area (Å²) in [6.45, 7) is 0.270. The van der Waals surface area contributed by atoms with Gasteiger partial charge < -0.3 is 16.2 Å². The van der Waals surface area contributed by atoms with E-state index in [1.165, 1.54) is 0 Å². The molecule has 0 aliphatic carbocycles. The highest BCUT2D eigenvalue weighted by Crippen LogP contribution is 2.15. The van der Waals surface area contributed by atoms with Crippen LogP contribution in [-0.4, -0.2) is 19.6 Å². The number of carbonyl (C=O) groups is 1. The van der Waals surface area contributed by atoms with E-state index in [1.54, 1.807) is 7.11 Å². The van der Waals surface area contributed by atoms with E-state index >= 15 is 0 Å². The Morgan fingerprint density at radius 1 is 1.53 bits per heavy atom. The van der Waals surface area contributed by atoms with Crippen molar-refractivity contribution >= 4 is 5.91 Å². The Balaban J connectivity index is 2.74. The van der Waals surface area contributed by atoms with Crippen molar-refractivity contribution in [1.82, 2.24) is 0 Å². The highest BCUT2D eigenvalue weighted by molar-refractivity contribution is 5.77. The van der Waals surface area contributed by atoms with Gasteiger partial charge >= 0.3 is 0 Å². The number of amides is 1. The maximum Gasteiger partial charge on any atom is 0.222 e. The number of benzene rings is 1. The fourth-order valence-corrected chi connectivity index (χ4v) is 1.38. The molecule has 82 valence electrons. The van der Waals surface area contributed by atoms with Gasteiger partial charge in [0.25, 0.3) is 0 Å². The molecule has 0 fully saturated rings. The molecule has 1 unspecified atom stereocenters. The van der Waals surface area contributed by atoms with Crippen molar-refractivity contribution in [2.45, 2.75) is 6.42 Å². The zero-order valence-electron chi connectivity index (χ0n) is 8.77. The SMILES string of the molecule is COc1cccc(CC(CN)C(N)=O)c1. The lowest BCUT2D eigenvalue weighted by atomic mass is 9.99. The molecule has 0 spiro atoms. The summed E-state index contributed by atoms with van der Waals surface area (Å²) in [5.41, 5.74) is 11.7. The Bertz CT molecular complexity index is 339. The van der Waals surface area contributed by atoms with Crippen molar-refractivity contribution in [1.29, 1.82) is 0 Å². The molecule has 0 radical (unpaired) electrons. The highest BCUT2D eigenvalue weighted by atomic mass is 16.5. The van der Waals surface area contributed by atoms with Gasteiger partial charge in [0, 0.05) is 6.54 Å². The summed E-state index contributed by atoms with van der Waals surface area (Å²) in [6, 6.07) is 7.54. The van der Waals surface area contributed by atoms with Gasteiger partial charge in [-0.15, -0.1) is 0 Å². The van der Waals surface area contributed by atoms with Crippen LogP contribution in [-0.2, 0) is 11.2 Å². The number of ether oxygens (including phenoxy) is 1. The first-order valence-electron chi connectivity index (χ1n) is 4.79. The molecule has 4 N–H and O–H groups in total. The Kier molecular flexibility index (Phi) is 4.12. The summed E-state index contributed by atoms with van der Waals surface area (Å²) in [4.78, 5) is 11.0. The first-order chi connectivity index (χ1) is 7.17. The Morgan fingerprint density at radius 2 is 2.27 bits per heavy atom. The molecular weight excluding hydrogens is 192 g/mol. The van der Waals surface area contributed by atoms with Gasteiger partial charge in [0.1, 0.15) is 5.75 Å². The van der Waals surface area contributed by atoms with Gasteiger partial charge in [-0.2, -0.15) is 0 Å². The number of primary amides is 1. The van der Waals surface area contributed by atoms with Gasteiger partial charge in [-0.3, -0.25) is 4.79 Å². The number of rotatable bonds is 5. The molecule has 15 heavy (non-hydrogen) atoms. The first-order valence-corrected chi connectivity index (χ1v) is 4.79. The maximum atomic E-state index is 11.0. The molecular formula is C11H16N2O2. The average molecular weight is 208 g/mol. The Morgan fingerprint density at radius 3 is 2.80 bits per heavy atom. The lowest BCUT2D eigenvalue weighted by molar-refractivity contribution is -0.121.